The van der Waals surface area contributed by atoms with Gasteiger partial charge in [-0.15, -0.1) is 11.8 Å². The van der Waals surface area contributed by atoms with E-state index in [0.717, 1.165) is 0 Å². The van der Waals surface area contributed by atoms with Crippen LogP contribution in [0.1, 0.15) is 0 Å². The third-order valence-electron chi connectivity index (χ3n) is 1.54. The summed E-state index contributed by atoms with van der Waals surface area (Å²) in [6.07, 6.45) is 1.47. The Hall–Kier alpha value is -0.200. The van der Waals surface area contributed by atoms with Crippen molar-refractivity contribution in [2.75, 3.05) is 5.75 Å². The summed E-state index contributed by atoms with van der Waals surface area (Å²) >= 11 is 1.37. The van der Waals surface area contributed by atoms with Gasteiger partial charge in [0.1, 0.15) is 0 Å². The predicted octanol–water partition coefficient (Wildman–Crippen LogP) is -1.43. The van der Waals surface area contributed by atoms with Crippen LogP contribution in [-0.4, -0.2) is 40.1 Å². The fraction of sp³-hybridized carbons (Fsp3) is 0.200. The van der Waals surface area contributed by atoms with Crippen LogP contribution in [0.15, 0.2) is 22.4 Å². The first-order valence-electron chi connectivity index (χ1n) is 3.36. The Morgan fingerprint density at radius 1 is 1.17 bits per heavy atom. The molecule has 0 amide bonds. The molecule has 4 nitrogen and oxygen atoms in total. The summed E-state index contributed by atoms with van der Waals surface area (Å²) in [7, 11) is -3.25. The lowest BCUT2D eigenvalue weighted by Gasteiger charge is -2.13. The van der Waals surface area contributed by atoms with Crippen molar-refractivity contribution in [3.63, 3.8) is 0 Å². The zero-order chi connectivity index (χ0) is 9.14. The highest BCUT2D eigenvalue weighted by Crippen LogP contribution is 2.22. The van der Waals surface area contributed by atoms with E-state index >= 15 is 0 Å². The van der Waals surface area contributed by atoms with Crippen molar-refractivity contribution in [1.29, 1.82) is 0 Å². The minimum Gasteiger partial charge on any atom is -0.423 e. The molecule has 4 N–H and O–H groups in total. The lowest BCUT2D eigenvalue weighted by Crippen LogP contribution is -2.26. The molecule has 1 heterocycles. The Labute approximate surface area is 74.9 Å². The maximum atomic E-state index is 8.82. The predicted molar refractivity (Wildman–Crippen MR) is 49.0 cm³/mol. The molecular formula is C5H8B2O4S. The summed E-state index contributed by atoms with van der Waals surface area (Å²) in [5.74, 6) is 0.376. The van der Waals surface area contributed by atoms with E-state index in [4.69, 9.17) is 20.1 Å². The van der Waals surface area contributed by atoms with Crippen LogP contribution in [0.25, 0.3) is 0 Å². The Bertz CT molecular complexity index is 225. The number of hydrogen-bond donors (Lipinski definition) is 4. The van der Waals surface area contributed by atoms with Crippen molar-refractivity contribution < 1.29 is 20.1 Å². The van der Waals surface area contributed by atoms with Gasteiger partial charge in [0.2, 0.25) is 0 Å². The molecule has 0 bridgehead atoms. The van der Waals surface area contributed by atoms with Crippen LogP contribution in [-0.2, 0) is 0 Å². The maximum absolute atomic E-state index is 8.82. The van der Waals surface area contributed by atoms with Crippen LogP contribution in [0.5, 0.6) is 0 Å². The largest absolute Gasteiger partial charge is 0.487 e. The molecule has 12 heavy (non-hydrogen) atoms. The molecule has 0 aromatic carbocycles. The van der Waals surface area contributed by atoms with Crippen LogP contribution in [0, 0.1) is 0 Å². The average molecular weight is 186 g/mol. The molecule has 0 saturated heterocycles. The molecule has 0 aromatic rings. The lowest BCUT2D eigenvalue weighted by atomic mass is 9.66. The lowest BCUT2D eigenvalue weighted by molar-refractivity contribution is 0.411. The van der Waals surface area contributed by atoms with E-state index in [9.17, 15) is 0 Å². The first-order valence-corrected chi connectivity index (χ1v) is 4.41. The first-order chi connectivity index (χ1) is 5.63. The summed E-state index contributed by atoms with van der Waals surface area (Å²) in [5.41, 5.74) is 0.418. The van der Waals surface area contributed by atoms with Crippen molar-refractivity contribution in [3.05, 3.63) is 22.4 Å². The van der Waals surface area contributed by atoms with Crippen LogP contribution in [0.3, 0.4) is 0 Å². The van der Waals surface area contributed by atoms with E-state index < -0.39 is 14.2 Å². The maximum Gasteiger partial charge on any atom is 0.487 e. The highest BCUT2D eigenvalue weighted by atomic mass is 32.2. The minimum atomic E-state index is -1.64. The Morgan fingerprint density at radius 2 is 1.83 bits per heavy atom. The monoisotopic (exact) mass is 186 g/mol. The highest BCUT2D eigenvalue weighted by Gasteiger charge is 2.26. The summed E-state index contributed by atoms with van der Waals surface area (Å²) in [5, 5.41) is 37.0. The molecule has 0 saturated carbocycles. The van der Waals surface area contributed by atoms with E-state index in [1.54, 1.807) is 5.41 Å². The third-order valence-corrected chi connectivity index (χ3v) is 2.35. The van der Waals surface area contributed by atoms with Crippen molar-refractivity contribution >= 4 is 26.0 Å². The summed E-state index contributed by atoms with van der Waals surface area (Å²) < 4.78 is 0. The molecular weight excluding hydrogens is 178 g/mol. The van der Waals surface area contributed by atoms with Gasteiger partial charge in [0.25, 0.3) is 0 Å². The molecule has 0 unspecified atom stereocenters. The molecule has 64 valence electrons. The minimum absolute atomic E-state index is 0.170. The quantitative estimate of drug-likeness (QED) is 0.397. The molecule has 1 aliphatic heterocycles. The van der Waals surface area contributed by atoms with E-state index in [0.29, 0.717) is 5.75 Å². The van der Waals surface area contributed by atoms with Crippen molar-refractivity contribution in [2.24, 2.45) is 0 Å². The van der Waals surface area contributed by atoms with Crippen LogP contribution >= 0.6 is 11.8 Å². The molecule has 1 rings (SSSR count). The van der Waals surface area contributed by atoms with Gasteiger partial charge in [0, 0.05) is 5.75 Å². The highest BCUT2D eigenvalue weighted by molar-refractivity contribution is 8.02. The normalized spacial score (nSPS) is 16.7. The molecule has 0 fully saturated rings. The van der Waals surface area contributed by atoms with Crippen LogP contribution in [0.4, 0.5) is 0 Å². The van der Waals surface area contributed by atoms with Gasteiger partial charge in [-0.2, -0.15) is 0 Å². The van der Waals surface area contributed by atoms with Crippen LogP contribution < -0.4 is 0 Å². The number of thioether (sulfide) groups is 1. The standard InChI is InChI=1S/C5H8B2O4S/c8-6(9)4-1-2-12-3-5(4)7(10)11/h1-2,8-11H,3H2. The first kappa shape index (κ1) is 9.88. The van der Waals surface area contributed by atoms with E-state index in [1.807, 2.05) is 0 Å². The van der Waals surface area contributed by atoms with Gasteiger partial charge in [-0.25, -0.2) is 0 Å². The van der Waals surface area contributed by atoms with Crippen molar-refractivity contribution in [1.82, 2.24) is 0 Å². The van der Waals surface area contributed by atoms with Gasteiger partial charge in [0.05, 0.1) is 0 Å². The molecule has 7 heteroatoms. The molecule has 0 atom stereocenters. The van der Waals surface area contributed by atoms with Gasteiger partial charge in [-0.3, -0.25) is 0 Å². The fourth-order valence-corrected chi connectivity index (χ4v) is 1.76. The van der Waals surface area contributed by atoms with E-state index in [-0.39, 0.29) is 10.9 Å². The molecule has 0 aromatic heterocycles. The van der Waals surface area contributed by atoms with Crippen LogP contribution in [0.2, 0.25) is 0 Å². The second kappa shape index (κ2) is 4.15. The summed E-state index contributed by atoms with van der Waals surface area (Å²) in [6.45, 7) is 0. The second-order valence-electron chi connectivity index (χ2n) is 2.34. The number of allylic oxidation sites excluding steroid dienone is 2. The Morgan fingerprint density at radius 3 is 2.25 bits per heavy atom. The smallest absolute Gasteiger partial charge is 0.423 e. The molecule has 0 spiro atoms. The van der Waals surface area contributed by atoms with E-state index in [1.165, 1.54) is 17.8 Å². The van der Waals surface area contributed by atoms with Gasteiger partial charge in [-0.05, 0) is 16.4 Å². The average Bonchev–Trinajstić information content (AvgIpc) is 2.04. The Kier molecular flexibility index (Phi) is 3.42. The number of hydrogen-bond acceptors (Lipinski definition) is 5. The number of rotatable bonds is 2. The second-order valence-corrected chi connectivity index (χ2v) is 3.24. The molecule has 0 radical (unpaired) electrons. The topological polar surface area (TPSA) is 80.9 Å². The zero-order valence-corrected chi connectivity index (χ0v) is 7.03. The van der Waals surface area contributed by atoms with Gasteiger partial charge >= 0.3 is 14.2 Å². The third kappa shape index (κ3) is 2.15. The summed E-state index contributed by atoms with van der Waals surface area (Å²) in [6, 6.07) is 0. The zero-order valence-electron chi connectivity index (χ0n) is 6.21. The molecule has 0 aliphatic carbocycles. The van der Waals surface area contributed by atoms with Crippen molar-refractivity contribution in [2.45, 2.75) is 0 Å². The van der Waals surface area contributed by atoms with Gasteiger partial charge in [0.15, 0.2) is 0 Å². The van der Waals surface area contributed by atoms with Crippen molar-refractivity contribution in [3.8, 4) is 0 Å². The Balaban J connectivity index is 2.92. The summed E-state index contributed by atoms with van der Waals surface area (Å²) in [4.78, 5) is 0. The van der Waals surface area contributed by atoms with Gasteiger partial charge < -0.3 is 20.1 Å². The van der Waals surface area contributed by atoms with Gasteiger partial charge in [-0.1, -0.05) is 6.08 Å². The SMILES string of the molecule is OB(O)C1=C(B(O)O)CSC=C1. The fourth-order valence-electron chi connectivity index (χ4n) is 0.925. The molecule has 1 aliphatic rings. The van der Waals surface area contributed by atoms with E-state index in [2.05, 4.69) is 0 Å².